The van der Waals surface area contributed by atoms with E-state index in [1.54, 1.807) is 11.8 Å². The fourth-order valence-corrected chi connectivity index (χ4v) is 1.92. The van der Waals surface area contributed by atoms with E-state index in [0.29, 0.717) is 5.25 Å². The van der Waals surface area contributed by atoms with E-state index < -0.39 is 0 Å². The van der Waals surface area contributed by atoms with Crippen LogP contribution in [0.2, 0.25) is 0 Å². The number of hydrogen-bond acceptors (Lipinski definition) is 2. The van der Waals surface area contributed by atoms with Gasteiger partial charge in [0.2, 0.25) is 0 Å². The summed E-state index contributed by atoms with van der Waals surface area (Å²) in [6.45, 7) is 8.79. The highest BCUT2D eigenvalue weighted by molar-refractivity contribution is 8.01. The van der Waals surface area contributed by atoms with Gasteiger partial charge in [0.25, 0.3) is 0 Å². The molecule has 0 heterocycles. The Bertz CT molecular complexity index is 75.5. The van der Waals surface area contributed by atoms with Crippen LogP contribution in [0.25, 0.3) is 0 Å². The van der Waals surface area contributed by atoms with Crippen molar-refractivity contribution in [2.24, 2.45) is 0 Å². The van der Waals surface area contributed by atoms with Gasteiger partial charge in [0.1, 0.15) is 0 Å². The molecular weight excluding hydrogens is 132 g/mol. The van der Waals surface area contributed by atoms with Crippen molar-refractivity contribution in [3.05, 3.63) is 0 Å². The van der Waals surface area contributed by atoms with Crippen LogP contribution in [0.4, 0.5) is 0 Å². The molecular formula is C7H16OS. The van der Waals surface area contributed by atoms with Gasteiger partial charge in [-0.2, -0.15) is 11.8 Å². The second kappa shape index (κ2) is 3.47. The molecule has 0 aromatic carbocycles. The van der Waals surface area contributed by atoms with Crippen molar-refractivity contribution < 1.29 is 5.11 Å². The highest BCUT2D eigenvalue weighted by atomic mass is 32.2. The van der Waals surface area contributed by atoms with E-state index in [-0.39, 0.29) is 11.4 Å². The zero-order valence-corrected chi connectivity index (χ0v) is 7.46. The molecule has 56 valence electrons. The van der Waals surface area contributed by atoms with Crippen LogP contribution in [0.1, 0.15) is 27.7 Å². The number of aliphatic hydroxyl groups excluding tert-OH is 1. The first kappa shape index (κ1) is 9.31. The highest BCUT2D eigenvalue weighted by Gasteiger charge is 2.14. The van der Waals surface area contributed by atoms with Crippen LogP contribution < -0.4 is 0 Å². The van der Waals surface area contributed by atoms with E-state index in [1.165, 1.54) is 0 Å². The van der Waals surface area contributed by atoms with E-state index >= 15 is 0 Å². The van der Waals surface area contributed by atoms with E-state index in [0.717, 1.165) is 0 Å². The third-order valence-electron chi connectivity index (χ3n) is 0.812. The maximum atomic E-state index is 8.68. The number of aliphatic hydroxyl groups is 1. The minimum Gasteiger partial charge on any atom is -0.395 e. The van der Waals surface area contributed by atoms with Gasteiger partial charge >= 0.3 is 0 Å². The van der Waals surface area contributed by atoms with E-state index in [9.17, 15) is 0 Å². The van der Waals surface area contributed by atoms with Gasteiger partial charge < -0.3 is 5.11 Å². The van der Waals surface area contributed by atoms with Gasteiger partial charge in [-0.1, -0.05) is 27.7 Å². The van der Waals surface area contributed by atoms with Gasteiger partial charge in [-0.25, -0.2) is 0 Å². The van der Waals surface area contributed by atoms with Gasteiger partial charge in [-0.05, 0) is 0 Å². The van der Waals surface area contributed by atoms with Gasteiger partial charge in [-0.15, -0.1) is 0 Å². The van der Waals surface area contributed by atoms with Crippen LogP contribution in [-0.2, 0) is 0 Å². The van der Waals surface area contributed by atoms with Gasteiger partial charge in [0.15, 0.2) is 0 Å². The molecule has 9 heavy (non-hydrogen) atoms. The normalized spacial score (nSPS) is 15.7. The average molecular weight is 148 g/mol. The lowest BCUT2D eigenvalue weighted by atomic mass is 10.3. The van der Waals surface area contributed by atoms with Gasteiger partial charge in [0.05, 0.1) is 6.61 Å². The predicted octanol–water partition coefficient (Wildman–Crippen LogP) is 1.90. The summed E-state index contributed by atoms with van der Waals surface area (Å²) in [4.78, 5) is 0. The van der Waals surface area contributed by atoms with Crippen LogP contribution in [0.5, 0.6) is 0 Å². The van der Waals surface area contributed by atoms with Crippen LogP contribution in [0.3, 0.4) is 0 Å². The van der Waals surface area contributed by atoms with Crippen molar-refractivity contribution in [1.82, 2.24) is 0 Å². The zero-order valence-electron chi connectivity index (χ0n) is 6.64. The van der Waals surface area contributed by atoms with Crippen molar-refractivity contribution in [2.75, 3.05) is 6.61 Å². The van der Waals surface area contributed by atoms with Crippen LogP contribution >= 0.6 is 11.8 Å². The first-order valence-corrected chi connectivity index (χ1v) is 4.12. The summed E-state index contributed by atoms with van der Waals surface area (Å²) < 4.78 is 0.280. The Morgan fingerprint density at radius 3 is 2.00 bits per heavy atom. The largest absolute Gasteiger partial charge is 0.395 e. The van der Waals surface area contributed by atoms with Crippen molar-refractivity contribution in [3.63, 3.8) is 0 Å². The van der Waals surface area contributed by atoms with Crippen molar-refractivity contribution >= 4 is 11.8 Å². The van der Waals surface area contributed by atoms with Gasteiger partial charge in [-0.3, -0.25) is 0 Å². The molecule has 2 heteroatoms. The Morgan fingerprint density at radius 2 is 1.89 bits per heavy atom. The van der Waals surface area contributed by atoms with Crippen LogP contribution in [0.15, 0.2) is 0 Å². The summed E-state index contributed by atoms with van der Waals surface area (Å²) in [6, 6.07) is 0. The van der Waals surface area contributed by atoms with E-state index in [1.807, 2.05) is 6.92 Å². The molecule has 1 N–H and O–H groups in total. The van der Waals surface area contributed by atoms with Gasteiger partial charge in [0, 0.05) is 10.00 Å². The molecule has 0 saturated heterocycles. The quantitative estimate of drug-likeness (QED) is 0.645. The van der Waals surface area contributed by atoms with Crippen molar-refractivity contribution in [3.8, 4) is 0 Å². The first-order valence-electron chi connectivity index (χ1n) is 3.24. The SMILES string of the molecule is C[C@@H](CO)SC(C)(C)C. The summed E-state index contributed by atoms with van der Waals surface area (Å²) >= 11 is 1.81. The molecule has 0 aliphatic rings. The average Bonchev–Trinajstić information content (AvgIpc) is 1.62. The molecule has 0 bridgehead atoms. The summed E-state index contributed by atoms with van der Waals surface area (Å²) in [5.74, 6) is 0. The fraction of sp³-hybridized carbons (Fsp3) is 1.00. The van der Waals surface area contributed by atoms with E-state index in [4.69, 9.17) is 5.11 Å². The molecule has 1 atom stereocenters. The van der Waals surface area contributed by atoms with Crippen molar-refractivity contribution in [2.45, 2.75) is 37.7 Å². The molecule has 0 unspecified atom stereocenters. The summed E-state index contributed by atoms with van der Waals surface area (Å²) in [6.07, 6.45) is 0. The second-order valence-corrected chi connectivity index (χ2v) is 5.49. The number of thioether (sulfide) groups is 1. The summed E-state index contributed by atoms with van der Waals surface area (Å²) in [5.41, 5.74) is 0. The number of rotatable bonds is 2. The lowest BCUT2D eigenvalue weighted by Crippen LogP contribution is -2.15. The lowest BCUT2D eigenvalue weighted by Gasteiger charge is -2.21. The molecule has 0 rings (SSSR count). The standard InChI is InChI=1S/C7H16OS/c1-6(5-8)9-7(2,3)4/h6,8H,5H2,1-4H3/t6-/m0/s1. The molecule has 0 amide bonds. The Labute approximate surface area is 61.8 Å². The molecule has 0 saturated carbocycles. The topological polar surface area (TPSA) is 20.2 Å². The van der Waals surface area contributed by atoms with E-state index in [2.05, 4.69) is 20.8 Å². The second-order valence-electron chi connectivity index (χ2n) is 3.22. The van der Waals surface area contributed by atoms with Crippen molar-refractivity contribution in [1.29, 1.82) is 0 Å². The molecule has 0 aliphatic carbocycles. The number of hydrogen-bond donors (Lipinski definition) is 1. The molecule has 0 radical (unpaired) electrons. The Morgan fingerprint density at radius 1 is 1.44 bits per heavy atom. The third kappa shape index (κ3) is 6.19. The smallest absolute Gasteiger partial charge is 0.0547 e. The highest BCUT2D eigenvalue weighted by Crippen LogP contribution is 2.27. The molecule has 0 aliphatic heterocycles. The fourth-order valence-electron chi connectivity index (χ4n) is 0.641. The monoisotopic (exact) mass is 148 g/mol. The molecule has 0 aromatic rings. The lowest BCUT2D eigenvalue weighted by molar-refractivity contribution is 0.299. The molecule has 0 spiro atoms. The molecule has 0 aromatic heterocycles. The van der Waals surface area contributed by atoms with Crippen LogP contribution in [-0.4, -0.2) is 21.7 Å². The maximum absolute atomic E-state index is 8.68. The Hall–Kier alpha value is 0.310. The third-order valence-corrected chi connectivity index (χ3v) is 2.07. The van der Waals surface area contributed by atoms with Crippen LogP contribution in [0, 0.1) is 0 Å². The first-order chi connectivity index (χ1) is 3.95. The summed E-state index contributed by atoms with van der Waals surface area (Å²) in [7, 11) is 0. The Balaban J connectivity index is 3.47. The minimum absolute atomic E-state index is 0.280. The minimum atomic E-state index is 0.280. The maximum Gasteiger partial charge on any atom is 0.0547 e. The molecule has 0 fully saturated rings. The summed E-state index contributed by atoms with van der Waals surface area (Å²) in [5, 5.41) is 9.04. The predicted molar refractivity (Wildman–Crippen MR) is 43.9 cm³/mol. The molecule has 1 nitrogen and oxygen atoms in total. The zero-order chi connectivity index (χ0) is 7.49. The Kier molecular flexibility index (Phi) is 3.59.